The van der Waals surface area contributed by atoms with E-state index < -0.39 is 22.8 Å². The van der Waals surface area contributed by atoms with Gasteiger partial charge in [-0.2, -0.15) is 11.3 Å². The number of nitrogens with one attached hydrogen (secondary N) is 2. The molecule has 1 aliphatic heterocycles. The molecule has 1 saturated heterocycles. The van der Waals surface area contributed by atoms with Crippen molar-refractivity contribution in [1.29, 1.82) is 0 Å². The van der Waals surface area contributed by atoms with Gasteiger partial charge >= 0.3 is 6.09 Å². The number of pyridine rings is 1. The second kappa shape index (κ2) is 8.70. The number of rotatable bonds is 5. The molecule has 0 spiro atoms. The van der Waals surface area contributed by atoms with E-state index in [9.17, 15) is 14.4 Å². The molecule has 3 N–H and O–H groups in total. The highest BCUT2D eigenvalue weighted by molar-refractivity contribution is 8.01. The molecular weight excluding hydrogens is 458 g/mol. The first kappa shape index (κ1) is 21.4. The molecule has 158 valence electrons. The first-order valence-corrected chi connectivity index (χ1v) is 11.4. The van der Waals surface area contributed by atoms with Crippen molar-refractivity contribution in [3.05, 3.63) is 75.6 Å². The summed E-state index contributed by atoms with van der Waals surface area (Å²) in [6.45, 7) is 0. The molecule has 0 radical (unpaired) electrons. The average molecular weight is 474 g/mol. The lowest BCUT2D eigenvalue weighted by atomic mass is 9.79. The standard InChI is InChI=1S/C21H16ClN3O4S2/c22-13-4-1-2-5-15(13)31-18-14(26)10-21(25-19(18)27,12-8-9-30-11-12)16-6-3-7-17(23-16)24-20(28)29/h1-9,11,18H,10H2,(H,23,24)(H,25,27)(H,28,29). The van der Waals surface area contributed by atoms with E-state index in [0.29, 0.717) is 21.2 Å². The number of thioether (sulfide) groups is 1. The fourth-order valence-corrected chi connectivity index (χ4v) is 5.41. The van der Waals surface area contributed by atoms with Gasteiger partial charge in [-0.25, -0.2) is 9.78 Å². The third-order valence-corrected chi connectivity index (χ3v) is 7.27. The Kier molecular flexibility index (Phi) is 5.99. The predicted molar refractivity (Wildman–Crippen MR) is 120 cm³/mol. The number of halogens is 1. The maximum Gasteiger partial charge on any atom is 0.410 e. The largest absolute Gasteiger partial charge is 0.465 e. The van der Waals surface area contributed by atoms with E-state index in [1.165, 1.54) is 17.4 Å². The van der Waals surface area contributed by atoms with Gasteiger partial charge in [0.05, 0.1) is 10.7 Å². The monoisotopic (exact) mass is 473 g/mol. The molecule has 0 aliphatic carbocycles. The molecule has 1 fully saturated rings. The van der Waals surface area contributed by atoms with E-state index in [1.54, 1.807) is 36.4 Å². The Balaban J connectivity index is 1.71. The Morgan fingerprint density at radius 3 is 2.71 bits per heavy atom. The number of benzene rings is 1. The van der Waals surface area contributed by atoms with E-state index in [1.807, 2.05) is 16.8 Å². The van der Waals surface area contributed by atoms with Crippen molar-refractivity contribution in [3.8, 4) is 0 Å². The van der Waals surface area contributed by atoms with Crippen LogP contribution in [-0.2, 0) is 15.1 Å². The van der Waals surface area contributed by atoms with Crippen LogP contribution in [0.2, 0.25) is 5.02 Å². The molecule has 2 aromatic heterocycles. The Labute approximate surface area is 190 Å². The molecule has 1 aliphatic rings. The summed E-state index contributed by atoms with van der Waals surface area (Å²) in [5.74, 6) is -0.613. The van der Waals surface area contributed by atoms with Crippen LogP contribution in [0.15, 0.2) is 64.2 Å². The van der Waals surface area contributed by atoms with E-state index >= 15 is 0 Å². The van der Waals surface area contributed by atoms with Gasteiger partial charge in [-0.1, -0.05) is 29.8 Å². The Morgan fingerprint density at radius 1 is 1.23 bits per heavy atom. The number of ketones is 1. The molecule has 0 saturated carbocycles. The number of hydrogen-bond acceptors (Lipinski definition) is 6. The van der Waals surface area contributed by atoms with Crippen LogP contribution >= 0.6 is 34.7 Å². The molecule has 7 nitrogen and oxygen atoms in total. The molecule has 2 atom stereocenters. The van der Waals surface area contributed by atoms with Crippen LogP contribution in [0.3, 0.4) is 0 Å². The van der Waals surface area contributed by atoms with Gasteiger partial charge in [0, 0.05) is 11.3 Å². The first-order valence-electron chi connectivity index (χ1n) is 9.15. The summed E-state index contributed by atoms with van der Waals surface area (Å²) in [5.41, 5.74) is -0.109. The fourth-order valence-electron chi connectivity index (χ4n) is 3.44. The molecule has 31 heavy (non-hydrogen) atoms. The zero-order chi connectivity index (χ0) is 22.0. The lowest BCUT2D eigenvalue weighted by Gasteiger charge is -2.39. The SMILES string of the molecule is O=C(O)Nc1cccc(C2(c3ccsc3)CC(=O)C(Sc3ccccc3Cl)C(=O)N2)n1. The lowest BCUT2D eigenvalue weighted by Crippen LogP contribution is -2.58. The Bertz CT molecular complexity index is 1140. The van der Waals surface area contributed by atoms with Crippen molar-refractivity contribution in [2.75, 3.05) is 5.32 Å². The highest BCUT2D eigenvalue weighted by Gasteiger charge is 2.48. The number of nitrogens with zero attached hydrogens (tertiary/aromatic N) is 1. The lowest BCUT2D eigenvalue weighted by molar-refractivity contribution is -0.133. The maximum absolute atomic E-state index is 13.2. The van der Waals surface area contributed by atoms with Crippen molar-refractivity contribution in [2.45, 2.75) is 22.1 Å². The quantitative estimate of drug-likeness (QED) is 0.474. The summed E-state index contributed by atoms with van der Waals surface area (Å²) in [5, 5.41) is 17.4. The second-order valence-corrected chi connectivity index (χ2v) is 9.15. The zero-order valence-corrected chi connectivity index (χ0v) is 18.3. The third-order valence-electron chi connectivity index (χ3n) is 4.82. The van der Waals surface area contributed by atoms with E-state index in [2.05, 4.69) is 15.6 Å². The van der Waals surface area contributed by atoms with Crippen molar-refractivity contribution in [1.82, 2.24) is 10.3 Å². The van der Waals surface area contributed by atoms with Crippen molar-refractivity contribution in [2.24, 2.45) is 0 Å². The van der Waals surface area contributed by atoms with Crippen molar-refractivity contribution >= 4 is 58.3 Å². The topological polar surface area (TPSA) is 108 Å². The smallest absolute Gasteiger partial charge is 0.410 e. The number of piperidine rings is 1. The van der Waals surface area contributed by atoms with E-state index in [-0.39, 0.29) is 18.0 Å². The summed E-state index contributed by atoms with van der Waals surface area (Å²) in [6, 6.07) is 13.6. The maximum atomic E-state index is 13.2. The van der Waals surface area contributed by atoms with Crippen LogP contribution in [0, 0.1) is 0 Å². The zero-order valence-electron chi connectivity index (χ0n) is 15.9. The van der Waals surface area contributed by atoms with Gasteiger partial charge in [-0.15, -0.1) is 11.8 Å². The second-order valence-electron chi connectivity index (χ2n) is 6.82. The number of thiophene rings is 1. The summed E-state index contributed by atoms with van der Waals surface area (Å²) < 4.78 is 0. The molecule has 1 aromatic carbocycles. The molecular formula is C21H16ClN3O4S2. The Hall–Kier alpha value is -2.88. The normalized spacial score (nSPS) is 20.9. The van der Waals surface area contributed by atoms with Crippen LogP contribution in [-0.4, -0.2) is 33.1 Å². The number of anilines is 1. The minimum absolute atomic E-state index is 0.0267. The fraction of sp³-hybridized carbons (Fsp3) is 0.143. The van der Waals surface area contributed by atoms with Crippen LogP contribution < -0.4 is 10.6 Å². The van der Waals surface area contributed by atoms with Gasteiger partial charge < -0.3 is 10.4 Å². The van der Waals surface area contributed by atoms with Gasteiger partial charge in [0.15, 0.2) is 5.78 Å². The first-order chi connectivity index (χ1) is 14.9. The average Bonchev–Trinajstić information content (AvgIpc) is 3.27. The van der Waals surface area contributed by atoms with Gasteiger partial charge in [0.2, 0.25) is 5.91 Å². The van der Waals surface area contributed by atoms with Gasteiger partial charge in [-0.3, -0.25) is 14.9 Å². The Morgan fingerprint density at radius 2 is 2.03 bits per heavy atom. The van der Waals surface area contributed by atoms with Crippen LogP contribution in [0.25, 0.3) is 0 Å². The number of carbonyl (C=O) groups excluding carboxylic acids is 2. The van der Waals surface area contributed by atoms with Crippen molar-refractivity contribution in [3.63, 3.8) is 0 Å². The highest BCUT2D eigenvalue weighted by Crippen LogP contribution is 2.41. The van der Waals surface area contributed by atoms with Crippen LogP contribution in [0.5, 0.6) is 0 Å². The summed E-state index contributed by atoms with van der Waals surface area (Å²) in [7, 11) is 0. The van der Waals surface area contributed by atoms with Crippen LogP contribution in [0.1, 0.15) is 17.7 Å². The van der Waals surface area contributed by atoms with Crippen LogP contribution in [0.4, 0.5) is 10.6 Å². The van der Waals surface area contributed by atoms with Gasteiger partial charge in [0.25, 0.3) is 0 Å². The molecule has 10 heteroatoms. The summed E-state index contributed by atoms with van der Waals surface area (Å²) in [4.78, 5) is 42.4. The molecule has 0 bridgehead atoms. The molecule has 4 rings (SSSR count). The number of carbonyl (C=O) groups is 3. The number of amides is 2. The number of hydrogen-bond donors (Lipinski definition) is 3. The molecule has 2 amide bonds. The van der Waals surface area contributed by atoms with E-state index in [4.69, 9.17) is 16.7 Å². The number of carboxylic acid groups (broad SMARTS) is 1. The van der Waals surface area contributed by atoms with Crippen molar-refractivity contribution < 1.29 is 19.5 Å². The minimum Gasteiger partial charge on any atom is -0.465 e. The molecule has 2 unspecified atom stereocenters. The molecule has 3 heterocycles. The summed E-state index contributed by atoms with van der Waals surface area (Å²) >= 11 is 8.74. The van der Waals surface area contributed by atoms with E-state index in [0.717, 1.165) is 11.8 Å². The highest BCUT2D eigenvalue weighted by atomic mass is 35.5. The van der Waals surface area contributed by atoms with Gasteiger partial charge in [0.1, 0.15) is 16.6 Å². The van der Waals surface area contributed by atoms with Gasteiger partial charge in [-0.05, 0) is 46.7 Å². The number of aromatic nitrogens is 1. The summed E-state index contributed by atoms with van der Waals surface area (Å²) in [6.07, 6.45) is -1.28. The molecule has 3 aromatic rings. The number of Topliss-reactive ketones (excluding diaryl/α,β-unsaturated/α-hetero) is 1. The third kappa shape index (κ3) is 4.30. The predicted octanol–water partition coefficient (Wildman–Crippen LogP) is 4.38. The minimum atomic E-state index is -1.26.